The molecular weight excluding hydrogens is 193 g/mol. The van der Waals surface area contributed by atoms with Crippen LogP contribution in [0.4, 0.5) is 0 Å². The molecule has 0 saturated carbocycles. The molecular formula is C9H11Cl2N. The summed E-state index contributed by atoms with van der Waals surface area (Å²) < 4.78 is 0. The monoisotopic (exact) mass is 203 g/mol. The zero-order chi connectivity index (χ0) is 8.97. The van der Waals surface area contributed by atoms with E-state index in [2.05, 4.69) is 0 Å². The molecule has 0 fully saturated rings. The minimum Gasteiger partial charge on any atom is -0.326 e. The molecule has 3 heteroatoms. The third kappa shape index (κ3) is 1.92. The van der Waals surface area contributed by atoms with Gasteiger partial charge in [-0.1, -0.05) is 18.2 Å². The Balaban J connectivity index is 3.13. The van der Waals surface area contributed by atoms with E-state index in [1.54, 1.807) is 0 Å². The molecule has 1 aromatic carbocycles. The normalized spacial score (nSPS) is 10.2. The quantitative estimate of drug-likeness (QED) is 0.752. The van der Waals surface area contributed by atoms with Crippen LogP contribution in [0.3, 0.4) is 0 Å². The van der Waals surface area contributed by atoms with Crippen LogP contribution in [0, 0.1) is 0 Å². The summed E-state index contributed by atoms with van der Waals surface area (Å²) in [6.07, 6.45) is 0. The van der Waals surface area contributed by atoms with Crippen LogP contribution < -0.4 is 5.73 Å². The summed E-state index contributed by atoms with van der Waals surface area (Å²) in [7, 11) is 0. The molecule has 0 unspecified atom stereocenters. The van der Waals surface area contributed by atoms with Gasteiger partial charge in [0.25, 0.3) is 0 Å². The summed E-state index contributed by atoms with van der Waals surface area (Å²) in [6.45, 7) is 0.521. The molecule has 0 atom stereocenters. The Kier molecular flexibility index (Phi) is 3.86. The first-order valence-electron chi connectivity index (χ1n) is 3.75. The number of benzene rings is 1. The van der Waals surface area contributed by atoms with Gasteiger partial charge in [0.2, 0.25) is 0 Å². The van der Waals surface area contributed by atoms with Crippen LogP contribution in [-0.2, 0) is 18.3 Å². The van der Waals surface area contributed by atoms with Crippen molar-refractivity contribution in [1.29, 1.82) is 0 Å². The van der Waals surface area contributed by atoms with E-state index in [-0.39, 0.29) is 0 Å². The third-order valence-corrected chi connectivity index (χ3v) is 2.42. The van der Waals surface area contributed by atoms with E-state index in [4.69, 9.17) is 28.9 Å². The molecule has 0 bridgehead atoms. The Morgan fingerprint density at radius 2 is 1.75 bits per heavy atom. The molecule has 1 aromatic rings. The topological polar surface area (TPSA) is 26.0 Å². The van der Waals surface area contributed by atoms with E-state index >= 15 is 0 Å². The number of halogens is 2. The van der Waals surface area contributed by atoms with Gasteiger partial charge in [-0.15, -0.1) is 23.2 Å². The summed E-state index contributed by atoms with van der Waals surface area (Å²) in [5.41, 5.74) is 8.79. The first-order chi connectivity index (χ1) is 5.83. The number of rotatable bonds is 3. The Morgan fingerprint density at radius 3 is 2.25 bits per heavy atom. The van der Waals surface area contributed by atoms with Crippen molar-refractivity contribution in [3.05, 3.63) is 34.9 Å². The molecule has 2 N–H and O–H groups in total. The molecule has 1 nitrogen and oxygen atoms in total. The molecule has 0 amide bonds. The fraction of sp³-hybridized carbons (Fsp3) is 0.333. The fourth-order valence-electron chi connectivity index (χ4n) is 1.18. The van der Waals surface area contributed by atoms with Crippen molar-refractivity contribution < 1.29 is 0 Å². The van der Waals surface area contributed by atoms with Crippen LogP contribution in [0.25, 0.3) is 0 Å². The molecule has 0 aliphatic carbocycles. The van der Waals surface area contributed by atoms with Gasteiger partial charge < -0.3 is 5.73 Å². The highest BCUT2D eigenvalue weighted by Crippen LogP contribution is 2.18. The van der Waals surface area contributed by atoms with Gasteiger partial charge in [0.1, 0.15) is 0 Å². The van der Waals surface area contributed by atoms with Crippen LogP contribution in [0.2, 0.25) is 0 Å². The minimum atomic E-state index is 0.482. The molecule has 0 aliphatic heterocycles. The molecule has 0 aromatic heterocycles. The Hall–Kier alpha value is -0.240. The van der Waals surface area contributed by atoms with Crippen molar-refractivity contribution in [2.75, 3.05) is 0 Å². The highest BCUT2D eigenvalue weighted by molar-refractivity contribution is 6.18. The van der Waals surface area contributed by atoms with E-state index in [0.717, 1.165) is 16.7 Å². The van der Waals surface area contributed by atoms with E-state index < -0.39 is 0 Å². The SMILES string of the molecule is NCc1cccc(CCl)c1CCl. The van der Waals surface area contributed by atoms with Gasteiger partial charge in [0.05, 0.1) is 0 Å². The molecule has 0 spiro atoms. The van der Waals surface area contributed by atoms with Crippen molar-refractivity contribution in [3.63, 3.8) is 0 Å². The highest BCUT2D eigenvalue weighted by Gasteiger charge is 2.04. The van der Waals surface area contributed by atoms with Crippen LogP contribution in [-0.4, -0.2) is 0 Å². The van der Waals surface area contributed by atoms with Gasteiger partial charge in [-0.25, -0.2) is 0 Å². The van der Waals surface area contributed by atoms with Crippen molar-refractivity contribution >= 4 is 23.2 Å². The molecule has 0 radical (unpaired) electrons. The second kappa shape index (κ2) is 4.70. The molecule has 0 saturated heterocycles. The molecule has 12 heavy (non-hydrogen) atoms. The van der Waals surface area contributed by atoms with Crippen molar-refractivity contribution in [1.82, 2.24) is 0 Å². The van der Waals surface area contributed by atoms with Crippen molar-refractivity contribution in [3.8, 4) is 0 Å². The van der Waals surface area contributed by atoms with E-state index in [9.17, 15) is 0 Å². The summed E-state index contributed by atoms with van der Waals surface area (Å²) in [6, 6.07) is 5.91. The van der Waals surface area contributed by atoms with E-state index in [1.165, 1.54) is 0 Å². The highest BCUT2D eigenvalue weighted by atomic mass is 35.5. The summed E-state index contributed by atoms with van der Waals surface area (Å²) in [4.78, 5) is 0. The zero-order valence-electron chi connectivity index (χ0n) is 6.69. The van der Waals surface area contributed by atoms with Crippen LogP contribution in [0.1, 0.15) is 16.7 Å². The van der Waals surface area contributed by atoms with Crippen molar-refractivity contribution in [2.24, 2.45) is 5.73 Å². The van der Waals surface area contributed by atoms with Crippen molar-refractivity contribution in [2.45, 2.75) is 18.3 Å². The number of alkyl halides is 2. The molecule has 0 heterocycles. The lowest BCUT2D eigenvalue weighted by Crippen LogP contribution is -2.02. The lowest BCUT2D eigenvalue weighted by molar-refractivity contribution is 1.03. The van der Waals surface area contributed by atoms with Crippen LogP contribution >= 0.6 is 23.2 Å². The maximum absolute atomic E-state index is 5.78. The Labute approximate surface area is 82.5 Å². The third-order valence-electron chi connectivity index (χ3n) is 1.87. The lowest BCUT2D eigenvalue weighted by atomic mass is 10.0. The first kappa shape index (κ1) is 9.85. The number of hydrogen-bond donors (Lipinski definition) is 1. The van der Waals surface area contributed by atoms with Gasteiger partial charge in [0, 0.05) is 18.3 Å². The minimum absolute atomic E-state index is 0.482. The first-order valence-corrected chi connectivity index (χ1v) is 4.82. The average molecular weight is 204 g/mol. The lowest BCUT2D eigenvalue weighted by Gasteiger charge is -2.08. The van der Waals surface area contributed by atoms with E-state index in [1.807, 2.05) is 18.2 Å². The summed E-state index contributed by atoms with van der Waals surface area (Å²) >= 11 is 11.5. The second-order valence-electron chi connectivity index (χ2n) is 2.53. The standard InChI is InChI=1S/C9H11Cl2N/c10-4-7-2-1-3-8(6-12)9(7)5-11/h1-3H,4-6,12H2. The van der Waals surface area contributed by atoms with Gasteiger partial charge in [-0.05, 0) is 16.7 Å². The van der Waals surface area contributed by atoms with Crippen LogP contribution in [0.15, 0.2) is 18.2 Å². The molecule has 66 valence electrons. The predicted molar refractivity (Wildman–Crippen MR) is 53.4 cm³/mol. The summed E-state index contributed by atoms with van der Waals surface area (Å²) in [5, 5.41) is 0. The van der Waals surface area contributed by atoms with Gasteiger partial charge in [-0.3, -0.25) is 0 Å². The predicted octanol–water partition coefficient (Wildman–Crippen LogP) is 2.62. The molecule has 1 rings (SSSR count). The smallest absolute Gasteiger partial charge is 0.0480 e. The largest absolute Gasteiger partial charge is 0.326 e. The molecule has 0 aliphatic rings. The van der Waals surface area contributed by atoms with E-state index in [0.29, 0.717) is 18.3 Å². The summed E-state index contributed by atoms with van der Waals surface area (Å²) in [5.74, 6) is 0.978. The van der Waals surface area contributed by atoms with Gasteiger partial charge >= 0.3 is 0 Å². The Bertz CT molecular complexity index is 238. The van der Waals surface area contributed by atoms with Gasteiger partial charge in [0.15, 0.2) is 0 Å². The number of hydrogen-bond acceptors (Lipinski definition) is 1. The second-order valence-corrected chi connectivity index (χ2v) is 3.06. The average Bonchev–Trinajstić information content (AvgIpc) is 2.16. The fourth-order valence-corrected chi connectivity index (χ4v) is 1.77. The number of nitrogens with two attached hydrogens (primary N) is 1. The zero-order valence-corrected chi connectivity index (χ0v) is 8.20. The van der Waals surface area contributed by atoms with Crippen LogP contribution in [0.5, 0.6) is 0 Å². The van der Waals surface area contributed by atoms with Gasteiger partial charge in [-0.2, -0.15) is 0 Å². The maximum Gasteiger partial charge on any atom is 0.0480 e. The maximum atomic E-state index is 5.78. The Morgan fingerprint density at radius 1 is 1.08 bits per heavy atom.